The molecule has 0 atom stereocenters. The van der Waals surface area contributed by atoms with Gasteiger partial charge >= 0.3 is 16.1 Å². The number of anilines is 1. The van der Waals surface area contributed by atoms with E-state index in [0.717, 1.165) is 16.4 Å². The fourth-order valence-electron chi connectivity index (χ4n) is 3.44. The van der Waals surface area contributed by atoms with Crippen molar-refractivity contribution in [1.82, 2.24) is 5.48 Å². The topological polar surface area (TPSA) is 198 Å². The van der Waals surface area contributed by atoms with Crippen molar-refractivity contribution in [1.29, 1.82) is 5.41 Å². The fourth-order valence-corrected chi connectivity index (χ4v) is 6.33. The molecule has 0 heterocycles. The second-order valence-corrected chi connectivity index (χ2v) is 11.8. The Morgan fingerprint density at radius 2 is 1.60 bits per heavy atom. The van der Waals surface area contributed by atoms with Crippen molar-refractivity contribution in [3.05, 3.63) is 77.9 Å². The van der Waals surface area contributed by atoms with Crippen LogP contribution in [0.25, 0.3) is 0 Å². The maximum Gasteiger partial charge on any atom is 0.340 e. The number of carbonyl (C=O) groups is 1. The standard InChI is InChI=1S/C25H28N4O9S2/c1-17-14-20(36-12-5-13-37-28-25(26)27)16-21(15-17)38-40(34,35)23-7-4-3-6-22(23)39(32,33)29(2)19-10-8-18(9-11-19)24(30)31/h3-4,6-11,14-16H,5,12-13H2,1-2H3,(H,30,31)(H4,26,27,28). The number of ether oxygens (including phenoxy) is 1. The average molecular weight is 593 g/mol. The van der Waals surface area contributed by atoms with Gasteiger partial charge in [-0.05, 0) is 61.0 Å². The molecule has 0 radical (unpaired) electrons. The van der Waals surface area contributed by atoms with E-state index in [1.807, 2.05) is 0 Å². The number of nitrogens with zero attached hydrogens (tertiary/aromatic N) is 1. The molecule has 0 bridgehead atoms. The van der Waals surface area contributed by atoms with Crippen LogP contribution < -0.4 is 24.4 Å². The quantitative estimate of drug-likeness (QED) is 0.0747. The highest BCUT2D eigenvalue weighted by Crippen LogP contribution is 2.31. The van der Waals surface area contributed by atoms with Gasteiger partial charge in [-0.3, -0.25) is 14.6 Å². The summed E-state index contributed by atoms with van der Waals surface area (Å²) >= 11 is 0. The molecule has 5 N–H and O–H groups in total. The van der Waals surface area contributed by atoms with Crippen molar-refractivity contribution in [2.75, 3.05) is 24.6 Å². The molecule has 3 rings (SSSR count). The number of sulfonamides is 1. The molecule has 0 saturated carbocycles. The number of aryl methyl sites for hydroxylation is 1. The summed E-state index contributed by atoms with van der Waals surface area (Å²) in [5.41, 5.74) is 8.02. The van der Waals surface area contributed by atoms with Crippen LogP contribution in [0.1, 0.15) is 22.3 Å². The summed E-state index contributed by atoms with van der Waals surface area (Å²) in [6.45, 7) is 2.11. The molecule has 0 aliphatic rings. The number of carboxylic acids is 1. The van der Waals surface area contributed by atoms with Gasteiger partial charge in [0.2, 0.25) is 5.96 Å². The minimum absolute atomic E-state index is 0.0363. The maximum atomic E-state index is 13.4. The Labute approximate surface area is 231 Å². The Morgan fingerprint density at radius 3 is 2.23 bits per heavy atom. The Balaban J connectivity index is 1.82. The first-order valence-corrected chi connectivity index (χ1v) is 14.5. The van der Waals surface area contributed by atoms with Crippen LogP contribution in [0.2, 0.25) is 0 Å². The number of hydrogen-bond acceptors (Lipinski definition) is 9. The van der Waals surface area contributed by atoms with E-state index in [4.69, 9.17) is 30.0 Å². The van der Waals surface area contributed by atoms with Crippen molar-refractivity contribution in [3.63, 3.8) is 0 Å². The van der Waals surface area contributed by atoms with Crippen molar-refractivity contribution < 1.29 is 40.5 Å². The lowest BCUT2D eigenvalue weighted by Crippen LogP contribution is -2.30. The molecule has 0 aliphatic carbocycles. The predicted molar refractivity (Wildman–Crippen MR) is 146 cm³/mol. The van der Waals surface area contributed by atoms with Crippen LogP contribution in [0, 0.1) is 12.3 Å². The number of benzene rings is 3. The van der Waals surface area contributed by atoms with Crippen molar-refractivity contribution in [3.8, 4) is 11.5 Å². The fraction of sp³-hybridized carbons (Fsp3) is 0.200. The molecule has 0 amide bonds. The van der Waals surface area contributed by atoms with Gasteiger partial charge in [0.25, 0.3) is 10.0 Å². The molecular weight excluding hydrogens is 564 g/mol. The van der Waals surface area contributed by atoms with Gasteiger partial charge in [-0.1, -0.05) is 12.1 Å². The number of rotatable bonds is 13. The molecule has 214 valence electrons. The zero-order valence-corrected chi connectivity index (χ0v) is 23.2. The van der Waals surface area contributed by atoms with E-state index >= 15 is 0 Å². The van der Waals surface area contributed by atoms with Crippen LogP contribution in [0.15, 0.2) is 76.5 Å². The lowest BCUT2D eigenvalue weighted by molar-refractivity contribution is 0.0696. The molecule has 3 aromatic carbocycles. The lowest BCUT2D eigenvalue weighted by Gasteiger charge is -2.21. The summed E-state index contributed by atoms with van der Waals surface area (Å²) in [5, 5.41) is 16.1. The molecule has 15 heteroatoms. The maximum absolute atomic E-state index is 13.4. The molecule has 3 aromatic rings. The van der Waals surface area contributed by atoms with E-state index in [0.29, 0.717) is 17.7 Å². The molecule has 0 spiro atoms. The first-order valence-electron chi connectivity index (χ1n) is 11.6. The summed E-state index contributed by atoms with van der Waals surface area (Å²) in [5.74, 6) is -1.28. The molecule has 0 aromatic heterocycles. The van der Waals surface area contributed by atoms with Crippen LogP contribution in [0.3, 0.4) is 0 Å². The molecule has 13 nitrogen and oxygen atoms in total. The smallest absolute Gasteiger partial charge is 0.340 e. The first-order chi connectivity index (χ1) is 18.8. The Kier molecular flexibility index (Phi) is 9.57. The molecule has 40 heavy (non-hydrogen) atoms. The van der Waals surface area contributed by atoms with Gasteiger partial charge in [0.05, 0.1) is 24.5 Å². The van der Waals surface area contributed by atoms with E-state index in [9.17, 15) is 21.6 Å². The third-order valence-electron chi connectivity index (χ3n) is 5.31. The monoisotopic (exact) mass is 592 g/mol. The minimum Gasteiger partial charge on any atom is -0.493 e. The normalized spacial score (nSPS) is 11.4. The number of hydroxylamine groups is 1. The Morgan fingerprint density at radius 1 is 0.975 bits per heavy atom. The predicted octanol–water partition coefficient (Wildman–Crippen LogP) is 2.47. The first kappa shape index (κ1) is 30.2. The number of carboxylic acid groups (broad SMARTS) is 1. The highest BCUT2D eigenvalue weighted by Gasteiger charge is 2.31. The van der Waals surface area contributed by atoms with Crippen LogP contribution >= 0.6 is 0 Å². The van der Waals surface area contributed by atoms with Crippen LogP contribution in [-0.2, 0) is 25.0 Å². The second-order valence-electron chi connectivity index (χ2n) is 8.36. The summed E-state index contributed by atoms with van der Waals surface area (Å²) in [4.78, 5) is 14.9. The third-order valence-corrected chi connectivity index (χ3v) is 8.59. The van der Waals surface area contributed by atoms with Crippen molar-refractivity contribution >= 4 is 37.8 Å². The highest BCUT2D eigenvalue weighted by atomic mass is 32.2. The summed E-state index contributed by atoms with van der Waals surface area (Å²) < 4.78 is 65.3. The molecule has 0 saturated heterocycles. The van der Waals surface area contributed by atoms with Gasteiger partial charge in [0.15, 0.2) is 0 Å². The number of nitrogens with one attached hydrogen (secondary N) is 2. The van der Waals surface area contributed by atoms with Gasteiger partial charge in [-0.15, -0.1) is 0 Å². The minimum atomic E-state index is -4.63. The van der Waals surface area contributed by atoms with Gasteiger partial charge in [0, 0.05) is 19.5 Å². The SMILES string of the molecule is Cc1cc(OCCCONC(=N)N)cc(OS(=O)(=O)c2ccccc2S(=O)(=O)N(C)c2ccc(C(=O)O)cc2)c1. The van der Waals surface area contributed by atoms with Crippen LogP contribution in [0.5, 0.6) is 11.5 Å². The van der Waals surface area contributed by atoms with Gasteiger partial charge < -0.3 is 19.8 Å². The number of nitrogens with two attached hydrogens (primary N) is 1. The summed E-state index contributed by atoms with van der Waals surface area (Å²) in [6.07, 6.45) is 0.431. The second kappa shape index (κ2) is 12.7. The number of guanidine groups is 1. The Hall–Kier alpha value is -4.34. The Bertz CT molecular complexity index is 1590. The zero-order chi connectivity index (χ0) is 29.5. The number of aromatic carboxylic acids is 1. The number of hydrogen-bond donors (Lipinski definition) is 4. The van der Waals surface area contributed by atoms with E-state index in [-0.39, 0.29) is 36.2 Å². The third kappa shape index (κ3) is 7.62. The lowest BCUT2D eigenvalue weighted by atomic mass is 10.2. The molecule has 0 fully saturated rings. The average Bonchev–Trinajstić information content (AvgIpc) is 2.89. The molecule has 0 aliphatic heterocycles. The summed E-state index contributed by atoms with van der Waals surface area (Å²) in [7, 11) is -7.82. The van der Waals surface area contributed by atoms with Gasteiger partial charge in [0.1, 0.15) is 21.3 Å². The van der Waals surface area contributed by atoms with Crippen molar-refractivity contribution in [2.45, 2.75) is 23.1 Å². The van der Waals surface area contributed by atoms with Crippen LogP contribution in [0.4, 0.5) is 5.69 Å². The van der Waals surface area contributed by atoms with Crippen LogP contribution in [-0.4, -0.2) is 54.1 Å². The van der Waals surface area contributed by atoms with E-state index in [1.165, 1.54) is 55.6 Å². The van der Waals surface area contributed by atoms with Gasteiger partial charge in [-0.2, -0.15) is 8.42 Å². The molecular formula is C25H28N4O9S2. The largest absolute Gasteiger partial charge is 0.493 e. The van der Waals surface area contributed by atoms with Gasteiger partial charge in [-0.25, -0.2) is 18.7 Å². The summed E-state index contributed by atoms with van der Waals surface area (Å²) in [6, 6.07) is 14.6. The zero-order valence-electron chi connectivity index (χ0n) is 21.5. The highest BCUT2D eigenvalue weighted by molar-refractivity contribution is 7.94. The van der Waals surface area contributed by atoms with E-state index in [2.05, 4.69) is 5.48 Å². The molecule has 0 unspecified atom stereocenters. The van der Waals surface area contributed by atoms with E-state index < -0.39 is 35.9 Å². The van der Waals surface area contributed by atoms with Crippen molar-refractivity contribution in [2.24, 2.45) is 5.73 Å². The van der Waals surface area contributed by atoms with E-state index in [1.54, 1.807) is 13.0 Å².